The lowest BCUT2D eigenvalue weighted by Crippen LogP contribution is -2.45. The third-order valence-electron chi connectivity index (χ3n) is 4.00. The monoisotopic (exact) mass is 316 g/mol. The molecule has 2 amide bonds. The highest BCUT2D eigenvalue weighted by molar-refractivity contribution is 7.94. The van der Waals surface area contributed by atoms with Gasteiger partial charge in [-0.2, -0.15) is 0 Å². The molecule has 0 radical (unpaired) electrons. The fourth-order valence-electron chi connectivity index (χ4n) is 2.89. The molecular formula is C13H20N2O5S. The zero-order valence-electron chi connectivity index (χ0n) is 11.6. The first-order valence-electron chi connectivity index (χ1n) is 7.05. The van der Waals surface area contributed by atoms with E-state index in [2.05, 4.69) is 10.6 Å². The third kappa shape index (κ3) is 4.45. The highest BCUT2D eigenvalue weighted by Crippen LogP contribution is 2.29. The highest BCUT2D eigenvalue weighted by atomic mass is 32.2. The van der Waals surface area contributed by atoms with Crippen LogP contribution in [-0.2, 0) is 14.6 Å². The van der Waals surface area contributed by atoms with Crippen molar-refractivity contribution in [3.63, 3.8) is 0 Å². The molecule has 2 aliphatic rings. The lowest BCUT2D eigenvalue weighted by Gasteiger charge is -2.28. The molecule has 0 aromatic heterocycles. The third-order valence-corrected chi connectivity index (χ3v) is 5.39. The summed E-state index contributed by atoms with van der Waals surface area (Å²) in [7, 11) is -3.20. The summed E-state index contributed by atoms with van der Waals surface area (Å²) >= 11 is 0. The number of sulfone groups is 1. The molecule has 0 aromatic rings. The molecule has 1 saturated carbocycles. The van der Waals surface area contributed by atoms with Crippen LogP contribution in [0.5, 0.6) is 0 Å². The van der Waals surface area contributed by atoms with Gasteiger partial charge in [0, 0.05) is 12.0 Å². The first-order valence-corrected chi connectivity index (χ1v) is 8.77. The molecule has 1 aliphatic heterocycles. The van der Waals surface area contributed by atoms with E-state index in [0.717, 1.165) is 24.7 Å². The Morgan fingerprint density at radius 3 is 2.57 bits per heavy atom. The molecule has 3 N–H and O–H groups in total. The summed E-state index contributed by atoms with van der Waals surface area (Å²) in [4.78, 5) is 22.9. The summed E-state index contributed by atoms with van der Waals surface area (Å²) in [6.07, 6.45) is 4.75. The van der Waals surface area contributed by atoms with E-state index in [1.165, 1.54) is 6.08 Å². The van der Waals surface area contributed by atoms with Crippen LogP contribution in [0.2, 0.25) is 0 Å². The predicted molar refractivity (Wildman–Crippen MR) is 76.3 cm³/mol. The van der Waals surface area contributed by atoms with Crippen LogP contribution in [-0.4, -0.2) is 43.9 Å². The number of hydrogen-bond acceptors (Lipinski definition) is 4. The van der Waals surface area contributed by atoms with Crippen LogP contribution in [0.1, 0.15) is 25.7 Å². The second-order valence-electron chi connectivity index (χ2n) is 5.61. The number of nitrogens with one attached hydrogen (secondary N) is 2. The molecule has 8 heteroatoms. The summed E-state index contributed by atoms with van der Waals surface area (Å²) in [5.74, 6) is -1.41. The number of rotatable bonds is 4. The average Bonchev–Trinajstić information content (AvgIpc) is 2.75. The maximum atomic E-state index is 11.7. The minimum atomic E-state index is -3.20. The van der Waals surface area contributed by atoms with Gasteiger partial charge in [-0.25, -0.2) is 13.2 Å². The van der Waals surface area contributed by atoms with E-state index in [-0.39, 0.29) is 11.7 Å². The normalized spacial score (nSPS) is 30.8. The molecule has 118 valence electrons. The molecule has 0 bridgehead atoms. The maximum absolute atomic E-state index is 11.7. The molecule has 7 nitrogen and oxygen atoms in total. The quantitative estimate of drug-likeness (QED) is 0.698. The van der Waals surface area contributed by atoms with Crippen molar-refractivity contribution in [3.05, 3.63) is 11.5 Å². The molecule has 0 saturated heterocycles. The van der Waals surface area contributed by atoms with Crippen molar-refractivity contribution in [1.82, 2.24) is 10.6 Å². The SMILES string of the molecule is O=C(NCC1CCCCC1C(=O)O)NC1C=CS(=O)(=O)C1. The maximum Gasteiger partial charge on any atom is 0.315 e. The number of carbonyl (C=O) groups is 2. The predicted octanol–water partition coefficient (Wildman–Crippen LogP) is 0.487. The number of carboxylic acids is 1. The van der Waals surface area contributed by atoms with Gasteiger partial charge in [0.25, 0.3) is 0 Å². The highest BCUT2D eigenvalue weighted by Gasteiger charge is 2.31. The van der Waals surface area contributed by atoms with Gasteiger partial charge in [-0.05, 0) is 24.8 Å². The fourth-order valence-corrected chi connectivity index (χ4v) is 4.12. The van der Waals surface area contributed by atoms with Crippen molar-refractivity contribution < 1.29 is 23.1 Å². The Hall–Kier alpha value is -1.57. The van der Waals surface area contributed by atoms with Gasteiger partial charge in [-0.1, -0.05) is 12.8 Å². The van der Waals surface area contributed by atoms with Gasteiger partial charge in [-0.3, -0.25) is 4.79 Å². The van der Waals surface area contributed by atoms with Crippen LogP contribution in [0.25, 0.3) is 0 Å². The summed E-state index contributed by atoms with van der Waals surface area (Å²) in [5.41, 5.74) is 0. The van der Waals surface area contributed by atoms with Gasteiger partial charge >= 0.3 is 12.0 Å². The van der Waals surface area contributed by atoms with Crippen molar-refractivity contribution in [2.75, 3.05) is 12.3 Å². The number of hydrogen-bond donors (Lipinski definition) is 3. The molecule has 3 unspecified atom stereocenters. The van der Waals surface area contributed by atoms with Crippen molar-refractivity contribution >= 4 is 21.8 Å². The largest absolute Gasteiger partial charge is 0.481 e. The summed E-state index contributed by atoms with van der Waals surface area (Å²) in [5, 5.41) is 15.5. The Labute approximate surface area is 123 Å². The standard InChI is InChI=1S/C13H20N2O5S/c16-12(17)11-4-2-1-3-9(11)7-14-13(18)15-10-5-6-21(19,20)8-10/h5-6,9-11H,1-4,7-8H2,(H,16,17)(H2,14,15,18). The number of amides is 2. The molecular weight excluding hydrogens is 296 g/mol. The van der Waals surface area contributed by atoms with Crippen molar-refractivity contribution in [2.24, 2.45) is 11.8 Å². The van der Waals surface area contributed by atoms with Gasteiger partial charge in [0.1, 0.15) is 0 Å². The van der Waals surface area contributed by atoms with E-state index in [1.807, 2.05) is 0 Å². The molecule has 0 spiro atoms. The second kappa shape index (κ2) is 6.46. The number of aliphatic carboxylic acids is 1. The zero-order chi connectivity index (χ0) is 15.5. The smallest absolute Gasteiger partial charge is 0.315 e. The van der Waals surface area contributed by atoms with Gasteiger partial charge in [0.2, 0.25) is 0 Å². The first kappa shape index (κ1) is 15.8. The first-order chi connectivity index (χ1) is 9.87. The number of carbonyl (C=O) groups excluding carboxylic acids is 1. The summed E-state index contributed by atoms with van der Waals surface area (Å²) in [6, 6.07) is -0.979. The van der Waals surface area contributed by atoms with E-state index in [4.69, 9.17) is 5.11 Å². The second-order valence-corrected chi connectivity index (χ2v) is 7.54. The molecule has 0 aromatic carbocycles. The Morgan fingerprint density at radius 2 is 1.95 bits per heavy atom. The topological polar surface area (TPSA) is 113 Å². The molecule has 1 aliphatic carbocycles. The van der Waals surface area contributed by atoms with E-state index < -0.39 is 33.8 Å². The Bertz CT molecular complexity index is 543. The van der Waals surface area contributed by atoms with Crippen molar-refractivity contribution in [1.29, 1.82) is 0 Å². The Morgan fingerprint density at radius 1 is 1.24 bits per heavy atom. The molecule has 3 atom stereocenters. The van der Waals surface area contributed by atoms with Crippen LogP contribution in [0.4, 0.5) is 4.79 Å². The lowest BCUT2D eigenvalue weighted by atomic mass is 9.79. The molecule has 1 heterocycles. The van der Waals surface area contributed by atoms with Crippen LogP contribution >= 0.6 is 0 Å². The van der Waals surface area contributed by atoms with Gasteiger partial charge in [-0.15, -0.1) is 0 Å². The minimum Gasteiger partial charge on any atom is -0.481 e. The summed E-state index contributed by atoms with van der Waals surface area (Å²) in [6.45, 7) is 0.298. The van der Waals surface area contributed by atoms with Crippen molar-refractivity contribution in [3.8, 4) is 0 Å². The molecule has 1 fully saturated rings. The minimum absolute atomic E-state index is 0.0650. The van der Waals surface area contributed by atoms with E-state index in [0.29, 0.717) is 13.0 Å². The van der Waals surface area contributed by atoms with Gasteiger partial charge < -0.3 is 15.7 Å². The van der Waals surface area contributed by atoms with E-state index in [1.54, 1.807) is 0 Å². The Balaban J connectivity index is 1.78. The van der Waals surface area contributed by atoms with Crippen LogP contribution < -0.4 is 10.6 Å². The number of carboxylic acid groups (broad SMARTS) is 1. The number of urea groups is 1. The molecule has 21 heavy (non-hydrogen) atoms. The average molecular weight is 316 g/mol. The zero-order valence-corrected chi connectivity index (χ0v) is 12.4. The van der Waals surface area contributed by atoms with Crippen LogP contribution in [0.15, 0.2) is 11.5 Å². The molecule has 2 rings (SSSR count). The van der Waals surface area contributed by atoms with Crippen LogP contribution in [0.3, 0.4) is 0 Å². The van der Waals surface area contributed by atoms with Crippen LogP contribution in [0, 0.1) is 11.8 Å². The lowest BCUT2D eigenvalue weighted by molar-refractivity contribution is -0.144. The summed E-state index contributed by atoms with van der Waals surface area (Å²) < 4.78 is 22.4. The van der Waals surface area contributed by atoms with Gasteiger partial charge in [0.05, 0.1) is 17.7 Å². The van der Waals surface area contributed by atoms with E-state index in [9.17, 15) is 18.0 Å². The Kier molecular flexibility index (Phi) is 4.87. The fraction of sp³-hybridized carbons (Fsp3) is 0.692. The van der Waals surface area contributed by atoms with E-state index >= 15 is 0 Å². The van der Waals surface area contributed by atoms with Crippen molar-refractivity contribution in [2.45, 2.75) is 31.7 Å². The van der Waals surface area contributed by atoms with Gasteiger partial charge in [0.15, 0.2) is 9.84 Å².